The molecule has 7 rings (SSSR count). The van der Waals surface area contributed by atoms with E-state index in [9.17, 15) is 14.4 Å². The van der Waals surface area contributed by atoms with Crippen molar-refractivity contribution in [1.29, 1.82) is 0 Å². The predicted octanol–water partition coefficient (Wildman–Crippen LogP) is 5.64. The van der Waals surface area contributed by atoms with Crippen molar-refractivity contribution in [1.82, 2.24) is 19.7 Å². The Balaban J connectivity index is 1.09. The molecule has 1 N–H and O–H groups in total. The summed E-state index contributed by atoms with van der Waals surface area (Å²) in [5.41, 5.74) is 5.63. The number of rotatable bonds is 24. The summed E-state index contributed by atoms with van der Waals surface area (Å²) in [7, 11) is 6.07. The fraction of sp³-hybridized carbons (Fsp3) is 0.500. The number of carbonyl (C=O) groups is 3. The SMILES string of the molecule is C/C=C1\C[C@H]2CNc3cc(OCc4cc(OCCN(CCOCCOCCOC)CCC(=O)OC)cc(COc5cc6c(cc5OC)C(=O)N5C/C(=C/C)C[C@H]5C=N6)n4)c(OC)cc3C(=O)N2C1. The summed E-state index contributed by atoms with van der Waals surface area (Å²) in [5, 5.41) is 3.47. The minimum absolute atomic E-state index is 0.00892. The maximum atomic E-state index is 13.8. The molecule has 5 heterocycles. The first-order valence-electron chi connectivity index (χ1n) is 23.1. The quantitative estimate of drug-likeness (QED) is 0.0662. The van der Waals surface area contributed by atoms with E-state index in [0.29, 0.717) is 135 Å². The number of nitrogens with zero attached hydrogens (tertiary/aromatic N) is 5. The zero-order valence-corrected chi connectivity index (χ0v) is 40.0. The highest BCUT2D eigenvalue weighted by Gasteiger charge is 2.37. The molecule has 68 heavy (non-hydrogen) atoms. The van der Waals surface area contributed by atoms with Gasteiger partial charge in [0.15, 0.2) is 23.0 Å². The lowest BCUT2D eigenvalue weighted by Crippen LogP contribution is -2.36. The average Bonchev–Trinajstić information content (AvgIpc) is 3.93. The molecule has 1 aromatic heterocycles. The highest BCUT2D eigenvalue weighted by Crippen LogP contribution is 2.40. The van der Waals surface area contributed by atoms with Crippen molar-refractivity contribution in [2.24, 2.45) is 4.99 Å². The van der Waals surface area contributed by atoms with Gasteiger partial charge in [0.2, 0.25) is 0 Å². The first-order valence-corrected chi connectivity index (χ1v) is 23.1. The van der Waals surface area contributed by atoms with Crippen LogP contribution in [0.3, 0.4) is 0 Å². The largest absolute Gasteiger partial charge is 0.493 e. The van der Waals surface area contributed by atoms with Gasteiger partial charge in [-0.05, 0) is 38.8 Å². The summed E-state index contributed by atoms with van der Waals surface area (Å²) in [5.74, 6) is 1.66. The van der Waals surface area contributed by atoms with Crippen LogP contribution in [0.25, 0.3) is 0 Å². The Morgan fingerprint density at radius 2 is 1.35 bits per heavy atom. The maximum Gasteiger partial charge on any atom is 0.306 e. The van der Waals surface area contributed by atoms with Gasteiger partial charge in [0.1, 0.15) is 25.6 Å². The molecule has 4 aliphatic heterocycles. The second kappa shape index (κ2) is 24.2. The molecule has 18 heteroatoms. The van der Waals surface area contributed by atoms with Gasteiger partial charge in [0.25, 0.3) is 11.8 Å². The lowest BCUT2D eigenvalue weighted by molar-refractivity contribution is -0.141. The predicted molar refractivity (Wildman–Crippen MR) is 254 cm³/mol. The summed E-state index contributed by atoms with van der Waals surface area (Å²) in [4.78, 5) is 55.0. The number of ether oxygens (including phenoxy) is 9. The first kappa shape index (κ1) is 49.7. The average molecular weight is 941 g/mol. The Labute approximate surface area is 398 Å². The lowest BCUT2D eigenvalue weighted by atomic mass is 10.1. The number of fused-ring (bicyclic) bond motifs is 4. The van der Waals surface area contributed by atoms with Crippen molar-refractivity contribution >= 4 is 35.4 Å². The van der Waals surface area contributed by atoms with E-state index in [1.807, 2.05) is 29.9 Å². The summed E-state index contributed by atoms with van der Waals surface area (Å²) in [6.07, 6.45) is 7.75. The van der Waals surface area contributed by atoms with Gasteiger partial charge in [0, 0.05) is 76.9 Å². The molecular weight excluding hydrogens is 877 g/mol. The Bertz CT molecular complexity index is 2350. The van der Waals surface area contributed by atoms with Crippen LogP contribution in [0, 0.1) is 0 Å². The fourth-order valence-electron chi connectivity index (χ4n) is 8.55. The Morgan fingerprint density at radius 1 is 0.721 bits per heavy atom. The fourth-order valence-corrected chi connectivity index (χ4v) is 8.55. The second-order valence-electron chi connectivity index (χ2n) is 16.7. The van der Waals surface area contributed by atoms with Gasteiger partial charge in [-0.25, -0.2) is 0 Å². The van der Waals surface area contributed by atoms with Crippen molar-refractivity contribution in [3.05, 3.63) is 82.2 Å². The number of amides is 2. The van der Waals surface area contributed by atoms with Crippen LogP contribution in [0.5, 0.6) is 28.7 Å². The number of allylic oxidation sites excluding steroid dienone is 2. The molecule has 2 fully saturated rings. The molecule has 2 amide bonds. The molecule has 0 spiro atoms. The zero-order valence-electron chi connectivity index (χ0n) is 40.0. The number of aromatic nitrogens is 1. The molecule has 18 nitrogen and oxygen atoms in total. The van der Waals surface area contributed by atoms with E-state index in [0.717, 1.165) is 12.8 Å². The zero-order chi connectivity index (χ0) is 48.0. The van der Waals surface area contributed by atoms with Crippen LogP contribution in [0.15, 0.2) is 64.7 Å². The van der Waals surface area contributed by atoms with Crippen LogP contribution in [-0.4, -0.2) is 163 Å². The van der Waals surface area contributed by atoms with Crippen LogP contribution >= 0.6 is 0 Å². The number of benzene rings is 2. The van der Waals surface area contributed by atoms with Crippen molar-refractivity contribution in [2.75, 3.05) is 113 Å². The van der Waals surface area contributed by atoms with Crippen molar-refractivity contribution in [2.45, 2.75) is 58.4 Å². The van der Waals surface area contributed by atoms with Gasteiger partial charge >= 0.3 is 5.97 Å². The third-order valence-electron chi connectivity index (χ3n) is 12.4. The molecule has 2 aromatic carbocycles. The molecule has 0 aliphatic carbocycles. The van der Waals surface area contributed by atoms with E-state index in [1.165, 1.54) is 25.4 Å². The standard InChI is InChI=1S/C50H64N6O12/c1-7-33-19-37-27-51-42-25-46(44(61-4)23-40(42)49(58)55(37)29-33)67-31-35-21-39(66-14-12-54(10-9-48(57)63-6)11-13-64-17-18-65-16-15-60-3)22-36(53-35)32-68-47-26-43-41(24-45(47)62-5)50(59)56-30-34(8-2)20-38(56)28-52-43/h7-8,21-27,37-38,52H,9-20,28-32H2,1-6H3/b33-7+,34-8+/t37-,38-/m0/s1. The molecule has 366 valence electrons. The molecule has 0 saturated carbocycles. The van der Waals surface area contributed by atoms with Crippen molar-refractivity contribution in [3.8, 4) is 28.7 Å². The van der Waals surface area contributed by atoms with Crippen LogP contribution in [-0.2, 0) is 37.0 Å². The summed E-state index contributed by atoms with van der Waals surface area (Å²) in [6.45, 7) is 9.88. The van der Waals surface area contributed by atoms with Crippen LogP contribution in [0.1, 0.15) is 65.2 Å². The minimum Gasteiger partial charge on any atom is -0.493 e. The van der Waals surface area contributed by atoms with Crippen molar-refractivity contribution < 1.29 is 57.0 Å². The van der Waals surface area contributed by atoms with E-state index in [-0.39, 0.29) is 56.1 Å². The number of esters is 1. The smallest absolute Gasteiger partial charge is 0.306 e. The molecule has 4 aliphatic rings. The van der Waals surface area contributed by atoms with Crippen LogP contribution in [0.2, 0.25) is 0 Å². The number of hydrogen-bond acceptors (Lipinski definition) is 16. The third-order valence-corrected chi connectivity index (χ3v) is 12.4. The van der Waals surface area contributed by atoms with Gasteiger partial charge < -0.3 is 57.7 Å². The summed E-state index contributed by atoms with van der Waals surface area (Å²) >= 11 is 0. The van der Waals surface area contributed by atoms with Crippen molar-refractivity contribution in [3.63, 3.8) is 0 Å². The highest BCUT2D eigenvalue weighted by atomic mass is 16.5. The first-order chi connectivity index (χ1) is 33.1. The molecule has 0 bridgehead atoms. The van der Waals surface area contributed by atoms with E-state index >= 15 is 0 Å². The number of aliphatic imine (C=N–C) groups is 1. The monoisotopic (exact) mass is 940 g/mol. The topological polar surface area (TPSA) is 181 Å². The highest BCUT2D eigenvalue weighted by molar-refractivity contribution is 6.04. The van der Waals surface area contributed by atoms with Gasteiger partial charge in [0.05, 0.1) is 107 Å². The molecule has 3 aromatic rings. The number of hydrogen-bond donors (Lipinski definition) is 1. The molecule has 0 unspecified atom stereocenters. The van der Waals surface area contributed by atoms with Crippen LogP contribution < -0.4 is 29.0 Å². The molecule has 2 saturated heterocycles. The normalized spacial score (nSPS) is 18.5. The number of methoxy groups -OCH3 is 4. The number of nitrogens with one attached hydrogen (secondary N) is 1. The number of pyridine rings is 1. The summed E-state index contributed by atoms with van der Waals surface area (Å²) in [6, 6.07) is 10.5. The Morgan fingerprint density at radius 3 is 2.04 bits per heavy atom. The molecule has 0 radical (unpaired) electrons. The minimum atomic E-state index is -0.309. The lowest BCUT2D eigenvalue weighted by Gasteiger charge is -2.22. The number of anilines is 1. The third kappa shape index (κ3) is 12.5. The van der Waals surface area contributed by atoms with E-state index < -0.39 is 0 Å². The van der Waals surface area contributed by atoms with Gasteiger partial charge in [-0.15, -0.1) is 0 Å². The van der Waals surface area contributed by atoms with Gasteiger partial charge in [-0.1, -0.05) is 23.3 Å². The molecule has 2 atom stereocenters. The summed E-state index contributed by atoms with van der Waals surface area (Å²) < 4.78 is 51.9. The van der Waals surface area contributed by atoms with E-state index in [4.69, 9.17) is 52.6 Å². The second-order valence-corrected chi connectivity index (χ2v) is 16.7. The number of carbonyl (C=O) groups excluding carboxylic acids is 3. The van der Waals surface area contributed by atoms with Crippen LogP contribution in [0.4, 0.5) is 11.4 Å². The Kier molecular flexibility index (Phi) is 17.7. The maximum absolute atomic E-state index is 13.8. The van der Waals surface area contributed by atoms with E-state index in [2.05, 4.69) is 22.4 Å². The molecular formula is C50H64N6O12. The van der Waals surface area contributed by atoms with Gasteiger partial charge in [-0.3, -0.25) is 29.3 Å². The van der Waals surface area contributed by atoms with E-state index in [1.54, 1.807) is 50.6 Å². The van der Waals surface area contributed by atoms with Gasteiger partial charge in [-0.2, -0.15) is 0 Å². The Hall–Kier alpha value is -6.21.